The minimum Gasteiger partial charge on any atom is -0.496 e. The van der Waals surface area contributed by atoms with Crippen LogP contribution < -0.4 is 14.8 Å². The van der Waals surface area contributed by atoms with Crippen molar-refractivity contribution in [3.05, 3.63) is 23.8 Å². The Labute approximate surface area is 126 Å². The van der Waals surface area contributed by atoms with Crippen molar-refractivity contribution in [1.82, 2.24) is 5.32 Å². The number of hydrogen-bond donors (Lipinski definition) is 2. The molecule has 0 saturated heterocycles. The first-order valence-electron chi connectivity index (χ1n) is 6.97. The van der Waals surface area contributed by atoms with E-state index in [0.717, 1.165) is 0 Å². The van der Waals surface area contributed by atoms with E-state index in [1.165, 1.54) is 14.2 Å². The first-order valence-corrected chi connectivity index (χ1v) is 6.97. The summed E-state index contributed by atoms with van der Waals surface area (Å²) in [7, 11) is 3.03. The first-order chi connectivity index (χ1) is 9.85. The summed E-state index contributed by atoms with van der Waals surface area (Å²) in [5.74, 6) is 0.657. The lowest BCUT2D eigenvalue weighted by atomic mass is 9.84. The van der Waals surface area contributed by atoms with Crippen molar-refractivity contribution < 1.29 is 19.4 Å². The summed E-state index contributed by atoms with van der Waals surface area (Å²) in [6, 6.07) is 5.05. The highest BCUT2D eigenvalue weighted by molar-refractivity contribution is 5.99. The van der Waals surface area contributed by atoms with Gasteiger partial charge >= 0.3 is 0 Å². The zero-order valence-corrected chi connectivity index (χ0v) is 13.4. The van der Waals surface area contributed by atoms with Crippen LogP contribution in [0, 0.1) is 5.41 Å². The normalized spacial score (nSPS) is 12.7. The van der Waals surface area contributed by atoms with Crippen LogP contribution >= 0.6 is 0 Å². The van der Waals surface area contributed by atoms with Crippen LogP contribution in [-0.2, 0) is 0 Å². The number of amides is 1. The van der Waals surface area contributed by atoms with Crippen LogP contribution in [0.4, 0.5) is 0 Å². The molecule has 1 atom stereocenters. The lowest BCUT2D eigenvalue weighted by Crippen LogP contribution is -2.44. The van der Waals surface area contributed by atoms with Crippen LogP contribution in [-0.4, -0.2) is 37.9 Å². The number of benzene rings is 1. The number of hydrogen-bond acceptors (Lipinski definition) is 4. The topological polar surface area (TPSA) is 67.8 Å². The fourth-order valence-corrected chi connectivity index (χ4v) is 2.16. The maximum absolute atomic E-state index is 12.6. The third-order valence-corrected chi connectivity index (χ3v) is 3.42. The Morgan fingerprint density at radius 1 is 1.24 bits per heavy atom. The average molecular weight is 295 g/mol. The van der Waals surface area contributed by atoms with Crippen molar-refractivity contribution in [2.75, 3.05) is 20.8 Å². The maximum atomic E-state index is 12.6. The van der Waals surface area contributed by atoms with Crippen LogP contribution in [0.25, 0.3) is 0 Å². The molecule has 0 fully saturated rings. The van der Waals surface area contributed by atoms with Gasteiger partial charge in [-0.3, -0.25) is 4.79 Å². The average Bonchev–Trinajstić information content (AvgIpc) is 2.44. The Bertz CT molecular complexity index is 457. The Morgan fingerprint density at radius 3 is 2.14 bits per heavy atom. The van der Waals surface area contributed by atoms with Crippen molar-refractivity contribution in [2.45, 2.75) is 33.2 Å². The minimum absolute atomic E-state index is 0.0191. The second-order valence-electron chi connectivity index (χ2n) is 5.94. The first kappa shape index (κ1) is 17.3. The Hall–Kier alpha value is -1.75. The largest absolute Gasteiger partial charge is 0.496 e. The Morgan fingerprint density at radius 2 is 1.76 bits per heavy atom. The van der Waals surface area contributed by atoms with Gasteiger partial charge in [-0.05, 0) is 24.0 Å². The van der Waals surface area contributed by atoms with Crippen LogP contribution in [0.1, 0.15) is 37.6 Å². The number of methoxy groups -OCH3 is 2. The predicted molar refractivity (Wildman–Crippen MR) is 82.0 cm³/mol. The van der Waals surface area contributed by atoms with E-state index >= 15 is 0 Å². The highest BCUT2D eigenvalue weighted by atomic mass is 16.5. The monoisotopic (exact) mass is 295 g/mol. The fourth-order valence-electron chi connectivity index (χ4n) is 2.16. The summed E-state index contributed by atoms with van der Waals surface area (Å²) in [6.45, 7) is 6.08. The molecule has 0 aliphatic heterocycles. The van der Waals surface area contributed by atoms with Gasteiger partial charge in [0, 0.05) is 12.6 Å². The molecule has 21 heavy (non-hydrogen) atoms. The van der Waals surface area contributed by atoms with E-state index in [4.69, 9.17) is 9.47 Å². The molecule has 0 aromatic heterocycles. The van der Waals surface area contributed by atoms with Crippen molar-refractivity contribution in [2.24, 2.45) is 5.41 Å². The third kappa shape index (κ3) is 4.36. The van der Waals surface area contributed by atoms with E-state index in [9.17, 15) is 9.90 Å². The number of aliphatic hydroxyl groups excluding tert-OH is 1. The summed E-state index contributed by atoms with van der Waals surface area (Å²) in [5.41, 5.74) is 0.211. The maximum Gasteiger partial charge on any atom is 0.259 e. The van der Waals surface area contributed by atoms with Crippen molar-refractivity contribution in [3.8, 4) is 11.5 Å². The number of ether oxygens (including phenoxy) is 2. The minimum atomic E-state index is -0.266. The molecule has 0 aliphatic rings. The summed E-state index contributed by atoms with van der Waals surface area (Å²) in [6.07, 6.45) is 0.493. The van der Waals surface area contributed by atoms with E-state index in [2.05, 4.69) is 5.32 Å². The second kappa shape index (κ2) is 7.31. The smallest absolute Gasteiger partial charge is 0.259 e. The van der Waals surface area contributed by atoms with Crippen molar-refractivity contribution >= 4 is 5.91 Å². The van der Waals surface area contributed by atoms with E-state index in [1.54, 1.807) is 18.2 Å². The molecule has 1 rings (SSSR count). The molecule has 2 N–H and O–H groups in total. The fraction of sp³-hybridized carbons (Fsp3) is 0.562. The molecule has 0 spiro atoms. The standard InChI is InChI=1S/C16H25NO4/c1-16(2,3)13(9-10-18)17-15(19)14-11(20-4)7-6-8-12(14)21-5/h6-8,13,18H,9-10H2,1-5H3,(H,17,19). The van der Waals surface area contributed by atoms with Gasteiger partial charge in [0.1, 0.15) is 17.1 Å². The third-order valence-electron chi connectivity index (χ3n) is 3.42. The summed E-state index contributed by atoms with van der Waals surface area (Å²) >= 11 is 0. The number of aliphatic hydroxyl groups is 1. The van der Waals surface area contributed by atoms with Crippen LogP contribution in [0.2, 0.25) is 0 Å². The van der Waals surface area contributed by atoms with Gasteiger partial charge in [0.2, 0.25) is 0 Å². The van der Waals surface area contributed by atoms with Crippen LogP contribution in [0.3, 0.4) is 0 Å². The zero-order chi connectivity index (χ0) is 16.0. The number of carbonyl (C=O) groups excluding carboxylic acids is 1. The van der Waals surface area contributed by atoms with E-state index in [1.807, 2.05) is 20.8 Å². The van der Waals surface area contributed by atoms with Crippen LogP contribution in [0.5, 0.6) is 11.5 Å². The van der Waals surface area contributed by atoms with Gasteiger partial charge in [0.25, 0.3) is 5.91 Å². The second-order valence-corrected chi connectivity index (χ2v) is 5.94. The van der Waals surface area contributed by atoms with Crippen molar-refractivity contribution in [3.63, 3.8) is 0 Å². The lowest BCUT2D eigenvalue weighted by molar-refractivity contribution is 0.0879. The van der Waals surface area contributed by atoms with Gasteiger partial charge < -0.3 is 19.9 Å². The molecule has 1 unspecified atom stereocenters. The van der Waals surface area contributed by atoms with Crippen molar-refractivity contribution in [1.29, 1.82) is 0 Å². The molecular weight excluding hydrogens is 270 g/mol. The molecule has 0 aliphatic carbocycles. The molecule has 5 heteroatoms. The van der Waals surface area contributed by atoms with Crippen LogP contribution in [0.15, 0.2) is 18.2 Å². The summed E-state index contributed by atoms with van der Waals surface area (Å²) in [5, 5.41) is 12.1. The highest BCUT2D eigenvalue weighted by Crippen LogP contribution is 2.29. The number of rotatable bonds is 6. The van der Waals surface area contributed by atoms with Gasteiger partial charge in [-0.1, -0.05) is 26.8 Å². The van der Waals surface area contributed by atoms with Gasteiger partial charge in [-0.25, -0.2) is 0 Å². The zero-order valence-electron chi connectivity index (χ0n) is 13.4. The van der Waals surface area contributed by atoms with E-state index < -0.39 is 0 Å². The molecule has 5 nitrogen and oxygen atoms in total. The Balaban J connectivity index is 3.08. The van der Waals surface area contributed by atoms with E-state index in [-0.39, 0.29) is 24.0 Å². The van der Waals surface area contributed by atoms with Gasteiger partial charge in [-0.15, -0.1) is 0 Å². The summed E-state index contributed by atoms with van der Waals surface area (Å²) < 4.78 is 10.5. The van der Waals surface area contributed by atoms with E-state index in [0.29, 0.717) is 23.5 Å². The quantitative estimate of drug-likeness (QED) is 0.844. The van der Waals surface area contributed by atoms with Gasteiger partial charge in [-0.2, -0.15) is 0 Å². The molecule has 0 bridgehead atoms. The molecular formula is C16H25NO4. The SMILES string of the molecule is COc1cccc(OC)c1C(=O)NC(CCO)C(C)(C)C. The Kier molecular flexibility index (Phi) is 6.03. The van der Waals surface area contributed by atoms with Gasteiger partial charge in [0.15, 0.2) is 0 Å². The predicted octanol–water partition coefficient (Wildman–Crippen LogP) is 2.23. The molecule has 0 heterocycles. The molecule has 1 amide bonds. The van der Waals surface area contributed by atoms with Gasteiger partial charge in [0.05, 0.1) is 14.2 Å². The number of nitrogens with one attached hydrogen (secondary N) is 1. The highest BCUT2D eigenvalue weighted by Gasteiger charge is 2.28. The number of carbonyl (C=O) groups is 1. The lowest BCUT2D eigenvalue weighted by Gasteiger charge is -2.31. The molecule has 0 radical (unpaired) electrons. The summed E-state index contributed by atoms with van der Waals surface area (Å²) in [4.78, 5) is 12.6. The molecule has 1 aromatic rings. The molecule has 0 saturated carbocycles. The molecule has 1 aromatic carbocycles. The molecule has 118 valence electrons.